The van der Waals surface area contributed by atoms with E-state index < -0.39 is 0 Å². The van der Waals surface area contributed by atoms with E-state index in [2.05, 4.69) is 37.8 Å². The average Bonchev–Trinajstić information content (AvgIpc) is 2.14. The van der Waals surface area contributed by atoms with Gasteiger partial charge in [0.2, 0.25) is 0 Å². The first-order valence-electron chi connectivity index (χ1n) is 5.59. The van der Waals surface area contributed by atoms with Crippen LogP contribution in [0.2, 0.25) is 0 Å². The lowest BCUT2D eigenvalue weighted by molar-refractivity contribution is 0.185. The summed E-state index contributed by atoms with van der Waals surface area (Å²) in [6.07, 6.45) is 0. The van der Waals surface area contributed by atoms with Gasteiger partial charge in [0.15, 0.2) is 0 Å². The molecule has 0 spiro atoms. The fraction of sp³-hybridized carbons (Fsp3) is 0.909. The Hall–Kier alpha value is -0.770. The Kier molecular flexibility index (Phi) is 6.32. The van der Waals surface area contributed by atoms with Crippen molar-refractivity contribution in [2.45, 2.75) is 40.7 Å². The Balaban J connectivity index is 4.28. The number of amidine groups is 1. The zero-order chi connectivity index (χ0) is 12.0. The van der Waals surface area contributed by atoms with Crippen molar-refractivity contribution in [2.75, 3.05) is 13.1 Å². The molecule has 1 unspecified atom stereocenters. The number of hydrogen-bond donors (Lipinski definition) is 2. The molecule has 0 radical (unpaired) electrons. The highest BCUT2D eigenvalue weighted by Gasteiger charge is 2.16. The topological polar surface area (TPSA) is 61.8 Å². The van der Waals surface area contributed by atoms with Gasteiger partial charge in [-0.1, -0.05) is 25.9 Å². The molecule has 90 valence electrons. The Morgan fingerprint density at radius 2 is 1.73 bits per heavy atom. The van der Waals surface area contributed by atoms with Crippen molar-refractivity contribution >= 4 is 5.84 Å². The first-order chi connectivity index (χ1) is 6.88. The second-order valence-corrected chi connectivity index (χ2v) is 4.87. The number of rotatable bonds is 6. The molecule has 0 fully saturated rings. The molecule has 3 N–H and O–H groups in total. The Morgan fingerprint density at radius 3 is 2.07 bits per heavy atom. The standard InChI is InChI=1S/C11H25N3O/c1-8(2)6-14(9(3)4)7-10(5)11(12)13-15/h8-10,15H,6-7H2,1-5H3,(H2,12,13). The van der Waals surface area contributed by atoms with Crippen molar-refractivity contribution in [3.8, 4) is 0 Å². The first kappa shape index (κ1) is 14.2. The van der Waals surface area contributed by atoms with E-state index in [0.717, 1.165) is 13.1 Å². The Bertz CT molecular complexity index is 202. The van der Waals surface area contributed by atoms with E-state index in [1.54, 1.807) is 0 Å². The third kappa shape index (κ3) is 5.62. The second kappa shape index (κ2) is 6.67. The minimum absolute atomic E-state index is 0.0937. The third-order valence-electron chi connectivity index (χ3n) is 2.46. The summed E-state index contributed by atoms with van der Waals surface area (Å²) in [5, 5.41) is 11.6. The van der Waals surface area contributed by atoms with Crippen molar-refractivity contribution in [1.29, 1.82) is 0 Å². The number of nitrogens with zero attached hydrogens (tertiary/aromatic N) is 2. The van der Waals surface area contributed by atoms with Crippen LogP contribution in [0.3, 0.4) is 0 Å². The van der Waals surface area contributed by atoms with Gasteiger partial charge >= 0.3 is 0 Å². The van der Waals surface area contributed by atoms with Crippen LogP contribution >= 0.6 is 0 Å². The van der Waals surface area contributed by atoms with E-state index in [4.69, 9.17) is 10.9 Å². The Morgan fingerprint density at radius 1 is 1.20 bits per heavy atom. The zero-order valence-electron chi connectivity index (χ0n) is 10.6. The van der Waals surface area contributed by atoms with Crippen molar-refractivity contribution in [3.05, 3.63) is 0 Å². The lowest BCUT2D eigenvalue weighted by Gasteiger charge is -2.30. The van der Waals surface area contributed by atoms with E-state index in [9.17, 15) is 0 Å². The van der Waals surface area contributed by atoms with E-state index in [1.807, 2.05) is 6.92 Å². The lowest BCUT2D eigenvalue weighted by atomic mass is 10.1. The number of nitrogens with two attached hydrogens (primary N) is 1. The monoisotopic (exact) mass is 215 g/mol. The summed E-state index contributed by atoms with van der Waals surface area (Å²) >= 11 is 0. The molecule has 15 heavy (non-hydrogen) atoms. The summed E-state index contributed by atoms with van der Waals surface area (Å²) in [7, 11) is 0. The van der Waals surface area contributed by atoms with Gasteiger partial charge in [-0.2, -0.15) is 0 Å². The summed E-state index contributed by atoms with van der Waals surface area (Å²) in [5.41, 5.74) is 5.57. The zero-order valence-corrected chi connectivity index (χ0v) is 10.6. The van der Waals surface area contributed by atoms with Crippen LogP contribution in [0.15, 0.2) is 5.16 Å². The van der Waals surface area contributed by atoms with Crippen LogP contribution in [0.1, 0.15) is 34.6 Å². The van der Waals surface area contributed by atoms with Gasteiger partial charge in [0.1, 0.15) is 5.84 Å². The normalized spacial score (nSPS) is 15.3. The van der Waals surface area contributed by atoms with E-state index >= 15 is 0 Å². The summed E-state index contributed by atoms with van der Waals surface area (Å²) < 4.78 is 0. The van der Waals surface area contributed by atoms with Gasteiger partial charge in [-0.05, 0) is 19.8 Å². The van der Waals surface area contributed by atoms with E-state index in [0.29, 0.717) is 17.8 Å². The van der Waals surface area contributed by atoms with Gasteiger partial charge in [-0.25, -0.2) is 0 Å². The van der Waals surface area contributed by atoms with Crippen LogP contribution in [0.25, 0.3) is 0 Å². The van der Waals surface area contributed by atoms with Crippen molar-refractivity contribution < 1.29 is 5.21 Å². The maximum Gasteiger partial charge on any atom is 0.143 e. The van der Waals surface area contributed by atoms with Crippen LogP contribution in [0.5, 0.6) is 0 Å². The van der Waals surface area contributed by atoms with Gasteiger partial charge in [0.05, 0.1) is 0 Å². The summed E-state index contributed by atoms with van der Waals surface area (Å²) in [4.78, 5) is 2.35. The van der Waals surface area contributed by atoms with Crippen LogP contribution in [-0.4, -0.2) is 35.1 Å². The van der Waals surface area contributed by atoms with Crippen molar-refractivity contribution in [3.63, 3.8) is 0 Å². The molecule has 0 aromatic heterocycles. The van der Waals surface area contributed by atoms with Gasteiger partial charge < -0.3 is 10.9 Å². The molecule has 0 aromatic carbocycles. The van der Waals surface area contributed by atoms with E-state index in [-0.39, 0.29) is 5.92 Å². The van der Waals surface area contributed by atoms with Gasteiger partial charge in [0, 0.05) is 25.0 Å². The molecule has 0 rings (SSSR count). The SMILES string of the molecule is CC(C)CN(CC(C)C(N)=NO)C(C)C. The largest absolute Gasteiger partial charge is 0.409 e. The molecule has 1 atom stereocenters. The Labute approximate surface area is 93.1 Å². The maximum absolute atomic E-state index is 8.58. The predicted octanol–water partition coefficient (Wildman–Crippen LogP) is 1.74. The molecule has 0 saturated heterocycles. The minimum Gasteiger partial charge on any atom is -0.409 e. The maximum atomic E-state index is 8.58. The summed E-state index contributed by atoms with van der Waals surface area (Å²) in [6.45, 7) is 12.6. The molecular formula is C11H25N3O. The van der Waals surface area contributed by atoms with E-state index in [1.165, 1.54) is 0 Å². The fourth-order valence-corrected chi connectivity index (χ4v) is 1.51. The first-order valence-corrected chi connectivity index (χ1v) is 5.59. The molecule has 4 heteroatoms. The van der Waals surface area contributed by atoms with Gasteiger partial charge in [-0.3, -0.25) is 4.90 Å². The third-order valence-corrected chi connectivity index (χ3v) is 2.46. The lowest BCUT2D eigenvalue weighted by Crippen LogP contribution is -2.40. The molecule has 0 heterocycles. The molecule has 4 nitrogen and oxygen atoms in total. The highest BCUT2D eigenvalue weighted by atomic mass is 16.4. The van der Waals surface area contributed by atoms with Crippen LogP contribution in [0.4, 0.5) is 0 Å². The quantitative estimate of drug-likeness (QED) is 0.307. The second-order valence-electron chi connectivity index (χ2n) is 4.87. The molecule has 0 saturated carbocycles. The molecule has 0 aromatic rings. The summed E-state index contributed by atoms with van der Waals surface area (Å²) in [5.74, 6) is 1.03. The van der Waals surface area contributed by atoms with Crippen LogP contribution in [-0.2, 0) is 0 Å². The molecule has 0 aliphatic carbocycles. The molecule has 0 amide bonds. The number of oxime groups is 1. The highest BCUT2D eigenvalue weighted by Crippen LogP contribution is 2.08. The highest BCUT2D eigenvalue weighted by molar-refractivity contribution is 5.82. The average molecular weight is 215 g/mol. The van der Waals surface area contributed by atoms with Crippen molar-refractivity contribution in [1.82, 2.24) is 4.90 Å². The fourth-order valence-electron chi connectivity index (χ4n) is 1.51. The smallest absolute Gasteiger partial charge is 0.143 e. The predicted molar refractivity (Wildman–Crippen MR) is 64.1 cm³/mol. The van der Waals surface area contributed by atoms with Gasteiger partial charge in [-0.15, -0.1) is 0 Å². The van der Waals surface area contributed by atoms with Crippen LogP contribution in [0, 0.1) is 11.8 Å². The van der Waals surface area contributed by atoms with Crippen LogP contribution < -0.4 is 5.73 Å². The van der Waals surface area contributed by atoms with Crippen molar-refractivity contribution in [2.24, 2.45) is 22.7 Å². The van der Waals surface area contributed by atoms with Gasteiger partial charge in [0.25, 0.3) is 0 Å². The molecular weight excluding hydrogens is 190 g/mol. The summed E-state index contributed by atoms with van der Waals surface area (Å²) in [6, 6.07) is 0.487. The molecule has 0 bridgehead atoms. The molecule has 0 aliphatic heterocycles. The number of hydrogen-bond acceptors (Lipinski definition) is 3. The molecule has 0 aliphatic rings. The minimum atomic E-state index is 0.0937.